The van der Waals surface area contributed by atoms with Crippen molar-refractivity contribution < 1.29 is 9.18 Å². The Bertz CT molecular complexity index is 1190. The number of benzene rings is 1. The van der Waals surface area contributed by atoms with Crippen molar-refractivity contribution in [1.29, 1.82) is 0 Å². The minimum absolute atomic E-state index is 0.00501. The molecule has 2 saturated heterocycles. The molecule has 0 aliphatic carbocycles. The molecule has 172 valence electrons. The highest BCUT2D eigenvalue weighted by Gasteiger charge is 2.39. The van der Waals surface area contributed by atoms with Crippen molar-refractivity contribution >= 4 is 17.4 Å². The van der Waals surface area contributed by atoms with Gasteiger partial charge in [-0.05, 0) is 43.5 Å². The third-order valence-corrected chi connectivity index (χ3v) is 7.36. The van der Waals surface area contributed by atoms with Crippen molar-refractivity contribution in [2.75, 3.05) is 44.2 Å². The van der Waals surface area contributed by atoms with E-state index < -0.39 is 0 Å². The summed E-state index contributed by atoms with van der Waals surface area (Å²) in [5.41, 5.74) is 4.27. The molecular weight excluding hydrogens is 419 g/mol. The van der Waals surface area contributed by atoms with Crippen LogP contribution < -0.4 is 10.2 Å². The van der Waals surface area contributed by atoms with Gasteiger partial charge in [-0.3, -0.25) is 4.79 Å². The molecule has 3 aromatic rings. The molecule has 3 aliphatic rings. The van der Waals surface area contributed by atoms with Crippen LogP contribution in [0.5, 0.6) is 0 Å². The molecule has 7 nitrogen and oxygen atoms in total. The molecular formula is C25H29FN6O. The summed E-state index contributed by atoms with van der Waals surface area (Å²) in [6.07, 6.45) is 5.59. The van der Waals surface area contributed by atoms with E-state index in [2.05, 4.69) is 15.3 Å². The van der Waals surface area contributed by atoms with Gasteiger partial charge in [0.25, 0.3) is 0 Å². The van der Waals surface area contributed by atoms with Crippen molar-refractivity contribution in [2.45, 2.75) is 31.6 Å². The third-order valence-electron chi connectivity index (χ3n) is 7.36. The second kappa shape index (κ2) is 8.41. The summed E-state index contributed by atoms with van der Waals surface area (Å²) in [4.78, 5) is 22.5. The Morgan fingerprint density at radius 2 is 2.00 bits per heavy atom. The number of likely N-dealkylation sites (tertiary alicyclic amines) is 1. The van der Waals surface area contributed by atoms with E-state index in [1.165, 1.54) is 11.6 Å². The lowest BCUT2D eigenvalue weighted by Gasteiger charge is -2.44. The summed E-state index contributed by atoms with van der Waals surface area (Å²) in [5, 5.41) is 8.00. The average molecular weight is 449 g/mol. The molecule has 0 spiro atoms. The summed E-state index contributed by atoms with van der Waals surface area (Å²) in [5.74, 6) is 1.33. The van der Waals surface area contributed by atoms with Crippen LogP contribution in [0.1, 0.15) is 35.6 Å². The molecule has 1 unspecified atom stereocenters. The van der Waals surface area contributed by atoms with Crippen LogP contribution in [0.3, 0.4) is 0 Å². The van der Waals surface area contributed by atoms with Gasteiger partial charge in [-0.2, -0.15) is 9.61 Å². The molecule has 8 heteroatoms. The average Bonchev–Trinajstić information content (AvgIpc) is 3.14. The van der Waals surface area contributed by atoms with Crippen molar-refractivity contribution in [1.82, 2.24) is 24.8 Å². The predicted octanol–water partition coefficient (Wildman–Crippen LogP) is 2.40. The van der Waals surface area contributed by atoms with Crippen LogP contribution in [0.4, 0.5) is 10.2 Å². The van der Waals surface area contributed by atoms with Crippen LogP contribution in [-0.2, 0) is 17.6 Å². The molecule has 0 bridgehead atoms. The van der Waals surface area contributed by atoms with E-state index in [0.29, 0.717) is 19.6 Å². The maximum absolute atomic E-state index is 13.7. The van der Waals surface area contributed by atoms with E-state index in [1.807, 2.05) is 21.5 Å². The van der Waals surface area contributed by atoms with Gasteiger partial charge in [0.1, 0.15) is 11.6 Å². The van der Waals surface area contributed by atoms with E-state index in [9.17, 15) is 9.18 Å². The van der Waals surface area contributed by atoms with Crippen molar-refractivity contribution in [2.24, 2.45) is 5.92 Å². The number of piperidine rings is 1. The molecule has 0 radical (unpaired) electrons. The first-order valence-corrected chi connectivity index (χ1v) is 12.0. The first-order valence-electron chi connectivity index (χ1n) is 12.0. The Morgan fingerprint density at radius 1 is 1.12 bits per heavy atom. The van der Waals surface area contributed by atoms with Gasteiger partial charge in [0.15, 0.2) is 5.65 Å². The van der Waals surface area contributed by atoms with Crippen LogP contribution in [0.25, 0.3) is 5.65 Å². The van der Waals surface area contributed by atoms with Gasteiger partial charge in [0.2, 0.25) is 5.91 Å². The number of rotatable bonds is 3. The number of nitrogens with zero attached hydrogens (tertiary/aromatic N) is 5. The Morgan fingerprint density at radius 3 is 2.88 bits per heavy atom. The fraction of sp³-hybridized carbons (Fsp3) is 0.480. The van der Waals surface area contributed by atoms with E-state index >= 15 is 0 Å². The number of fused-ring (bicyclic) bond motifs is 2. The highest BCUT2D eigenvalue weighted by Crippen LogP contribution is 2.34. The molecule has 2 aromatic heterocycles. The first kappa shape index (κ1) is 20.6. The second-order valence-electron chi connectivity index (χ2n) is 9.49. The highest BCUT2D eigenvalue weighted by atomic mass is 19.1. The Hall–Kier alpha value is -3.00. The third kappa shape index (κ3) is 3.76. The van der Waals surface area contributed by atoms with Crippen molar-refractivity contribution in [3.8, 4) is 0 Å². The minimum Gasteiger partial charge on any atom is -0.354 e. The number of carbonyl (C=O) groups excluding carboxylic acids is 1. The normalized spacial score (nSPS) is 21.5. The molecule has 1 N–H and O–H groups in total. The molecule has 1 aromatic carbocycles. The number of aromatic nitrogens is 3. The van der Waals surface area contributed by atoms with Gasteiger partial charge in [-0.15, -0.1) is 0 Å². The maximum Gasteiger partial charge on any atom is 0.229 e. The molecule has 6 rings (SSSR count). The van der Waals surface area contributed by atoms with Gasteiger partial charge >= 0.3 is 0 Å². The summed E-state index contributed by atoms with van der Waals surface area (Å²) in [6, 6.07) is 8.78. The second-order valence-corrected chi connectivity index (χ2v) is 9.49. The largest absolute Gasteiger partial charge is 0.354 e. The standard InChI is InChI=1S/C25H29FN6O/c26-20-5-1-3-17(13-20)18-4-2-12-30(14-18)25(33)19-15-31(16-19)24-21-6-9-27-10-7-22(21)29-23-8-11-28-32(23)24/h1,3,5,8,11,13,18-19,27H,2,4,6-7,9-10,12,14-16H2. The number of hydrogen-bond donors (Lipinski definition) is 1. The number of anilines is 1. The van der Waals surface area contributed by atoms with Crippen LogP contribution in [0, 0.1) is 11.7 Å². The molecule has 3 aliphatic heterocycles. The molecule has 2 fully saturated rings. The van der Waals surface area contributed by atoms with Gasteiger partial charge < -0.3 is 15.1 Å². The number of nitrogens with one attached hydrogen (secondary N) is 1. The van der Waals surface area contributed by atoms with E-state index in [4.69, 9.17) is 4.98 Å². The Labute approximate surface area is 192 Å². The number of amides is 1. The van der Waals surface area contributed by atoms with E-state index in [-0.39, 0.29) is 23.6 Å². The monoisotopic (exact) mass is 448 g/mol. The smallest absolute Gasteiger partial charge is 0.229 e. The molecule has 1 atom stereocenters. The zero-order valence-corrected chi connectivity index (χ0v) is 18.7. The lowest BCUT2D eigenvalue weighted by molar-refractivity contribution is -0.137. The lowest BCUT2D eigenvalue weighted by atomic mass is 9.89. The Balaban J connectivity index is 1.18. The Kier molecular flexibility index (Phi) is 5.25. The fourth-order valence-electron chi connectivity index (χ4n) is 5.62. The predicted molar refractivity (Wildman–Crippen MR) is 124 cm³/mol. The topological polar surface area (TPSA) is 65.8 Å². The van der Waals surface area contributed by atoms with Crippen LogP contribution >= 0.6 is 0 Å². The zero-order valence-electron chi connectivity index (χ0n) is 18.7. The number of halogens is 1. The summed E-state index contributed by atoms with van der Waals surface area (Å²) >= 11 is 0. The summed E-state index contributed by atoms with van der Waals surface area (Å²) < 4.78 is 15.6. The van der Waals surface area contributed by atoms with Gasteiger partial charge in [-0.25, -0.2) is 9.37 Å². The van der Waals surface area contributed by atoms with Gasteiger partial charge in [0.05, 0.1) is 17.8 Å². The first-order chi connectivity index (χ1) is 16.2. The number of carbonyl (C=O) groups is 1. The SMILES string of the molecule is O=C(C1CN(c2c3c(nc4ccnn24)CCNCC3)C1)N1CCCC(c2cccc(F)c2)C1. The minimum atomic E-state index is -0.206. The molecule has 0 saturated carbocycles. The van der Waals surface area contributed by atoms with Crippen LogP contribution in [0.15, 0.2) is 36.5 Å². The van der Waals surface area contributed by atoms with Crippen molar-refractivity contribution in [3.63, 3.8) is 0 Å². The number of hydrogen-bond acceptors (Lipinski definition) is 5. The molecule has 1 amide bonds. The quantitative estimate of drug-likeness (QED) is 0.667. The zero-order chi connectivity index (χ0) is 22.4. The fourth-order valence-corrected chi connectivity index (χ4v) is 5.62. The van der Waals surface area contributed by atoms with E-state index in [1.54, 1.807) is 18.3 Å². The summed E-state index contributed by atoms with van der Waals surface area (Å²) in [7, 11) is 0. The van der Waals surface area contributed by atoms with Crippen molar-refractivity contribution in [3.05, 3.63) is 59.2 Å². The molecule has 33 heavy (non-hydrogen) atoms. The van der Waals surface area contributed by atoms with Crippen LogP contribution in [0.2, 0.25) is 0 Å². The highest BCUT2D eigenvalue weighted by molar-refractivity contribution is 5.82. The van der Waals surface area contributed by atoms with E-state index in [0.717, 1.165) is 68.0 Å². The van der Waals surface area contributed by atoms with Gasteiger partial charge in [0, 0.05) is 56.7 Å². The lowest BCUT2D eigenvalue weighted by Crippen LogP contribution is -2.56. The van der Waals surface area contributed by atoms with Crippen LogP contribution in [-0.4, -0.2) is 64.7 Å². The van der Waals surface area contributed by atoms with Gasteiger partial charge in [-0.1, -0.05) is 12.1 Å². The summed E-state index contributed by atoms with van der Waals surface area (Å²) in [6.45, 7) is 4.75. The maximum atomic E-state index is 13.7. The molecule has 5 heterocycles.